The maximum Gasteiger partial charge on any atom is 0.263 e. The van der Waals surface area contributed by atoms with Crippen LogP contribution in [0, 0.1) is 6.92 Å². The van der Waals surface area contributed by atoms with E-state index in [1.165, 1.54) is 20.3 Å². The van der Waals surface area contributed by atoms with Crippen LogP contribution in [0.4, 0.5) is 5.69 Å². The van der Waals surface area contributed by atoms with Crippen LogP contribution in [-0.2, 0) is 10.0 Å². The van der Waals surface area contributed by atoms with Gasteiger partial charge in [-0.25, -0.2) is 8.42 Å². The highest BCUT2D eigenvalue weighted by Crippen LogP contribution is 2.36. The van der Waals surface area contributed by atoms with Crippen molar-refractivity contribution in [2.24, 2.45) is 0 Å². The summed E-state index contributed by atoms with van der Waals surface area (Å²) in [7, 11) is 1.14. The van der Waals surface area contributed by atoms with E-state index in [2.05, 4.69) is 32.6 Å². The topological polar surface area (TPSA) is 77.1 Å². The maximum absolute atomic E-state index is 13.0. The van der Waals surface area contributed by atoms with Crippen LogP contribution >= 0.6 is 15.9 Å². The third-order valence-electron chi connectivity index (χ3n) is 4.81. The van der Waals surface area contributed by atoms with Gasteiger partial charge in [0.2, 0.25) is 0 Å². The van der Waals surface area contributed by atoms with Crippen molar-refractivity contribution < 1.29 is 22.6 Å². The van der Waals surface area contributed by atoms with Crippen molar-refractivity contribution >= 4 is 31.6 Å². The monoisotopic (exact) mass is 484 g/mol. The lowest BCUT2D eigenvalue weighted by atomic mass is 10.2. The number of ether oxygens (including phenoxy) is 3. The minimum atomic E-state index is -3.86. The van der Waals surface area contributed by atoms with E-state index in [0.717, 1.165) is 25.1 Å². The summed E-state index contributed by atoms with van der Waals surface area (Å²) in [6, 6.07) is 8.27. The highest BCUT2D eigenvalue weighted by atomic mass is 79.9. The summed E-state index contributed by atoms with van der Waals surface area (Å²) in [6.45, 7) is 3.79. The Hall–Kier alpha value is -1.97. The predicted octanol–water partition coefficient (Wildman–Crippen LogP) is 3.66. The van der Waals surface area contributed by atoms with E-state index >= 15 is 0 Å². The number of rotatable bonds is 7. The smallest absolute Gasteiger partial charge is 0.263 e. The van der Waals surface area contributed by atoms with Gasteiger partial charge in [-0.15, -0.1) is 0 Å². The molecule has 2 aromatic carbocycles. The second-order valence-corrected chi connectivity index (χ2v) is 9.52. The molecule has 1 heterocycles. The van der Waals surface area contributed by atoms with E-state index in [0.29, 0.717) is 27.4 Å². The molecule has 1 N–H and O–H groups in total. The van der Waals surface area contributed by atoms with Gasteiger partial charge in [0.1, 0.15) is 16.7 Å². The number of nitrogens with one attached hydrogen (secondary N) is 1. The number of methoxy groups -OCH3 is 2. The van der Waals surface area contributed by atoms with Crippen LogP contribution in [0.3, 0.4) is 0 Å². The first-order chi connectivity index (χ1) is 13.7. The molecule has 9 heteroatoms. The molecule has 0 amide bonds. The van der Waals surface area contributed by atoms with Gasteiger partial charge in [0.05, 0.1) is 19.9 Å². The SMILES string of the molecule is COc1cc(Br)c(S(=O)(=O)Nc2ccc(C)c(O[C@H]3CCN(C)C3)c2)cc1OC. The van der Waals surface area contributed by atoms with Crippen molar-refractivity contribution in [1.82, 2.24) is 4.90 Å². The summed E-state index contributed by atoms with van der Waals surface area (Å²) < 4.78 is 45.5. The Morgan fingerprint density at radius 2 is 1.79 bits per heavy atom. The molecule has 0 unspecified atom stereocenters. The molecular weight excluding hydrogens is 460 g/mol. The van der Waals surface area contributed by atoms with Crippen LogP contribution in [0.2, 0.25) is 0 Å². The van der Waals surface area contributed by atoms with Gasteiger partial charge in [0.25, 0.3) is 10.0 Å². The third kappa shape index (κ3) is 4.96. The molecule has 1 aliphatic rings. The van der Waals surface area contributed by atoms with Crippen LogP contribution < -0.4 is 18.9 Å². The lowest BCUT2D eigenvalue weighted by molar-refractivity contribution is 0.207. The molecule has 0 aliphatic carbocycles. The van der Waals surface area contributed by atoms with Crippen LogP contribution in [0.5, 0.6) is 17.2 Å². The van der Waals surface area contributed by atoms with Gasteiger partial charge in [-0.05, 0) is 54.0 Å². The number of hydrogen-bond acceptors (Lipinski definition) is 6. The largest absolute Gasteiger partial charge is 0.493 e. The molecule has 0 radical (unpaired) electrons. The summed E-state index contributed by atoms with van der Waals surface area (Å²) in [6.07, 6.45) is 1.05. The van der Waals surface area contributed by atoms with Crippen molar-refractivity contribution in [3.8, 4) is 17.2 Å². The average molecular weight is 485 g/mol. The summed E-state index contributed by atoms with van der Waals surface area (Å²) in [5.74, 6) is 1.44. The van der Waals surface area contributed by atoms with Crippen molar-refractivity contribution in [3.05, 3.63) is 40.4 Å². The van der Waals surface area contributed by atoms with Crippen LogP contribution in [0.1, 0.15) is 12.0 Å². The van der Waals surface area contributed by atoms with Crippen LogP contribution in [0.25, 0.3) is 0 Å². The number of sulfonamides is 1. The van der Waals surface area contributed by atoms with Crippen molar-refractivity contribution in [1.29, 1.82) is 0 Å². The first-order valence-electron chi connectivity index (χ1n) is 9.13. The van der Waals surface area contributed by atoms with Crippen molar-refractivity contribution in [3.63, 3.8) is 0 Å². The van der Waals surface area contributed by atoms with Crippen LogP contribution in [-0.4, -0.2) is 53.8 Å². The van der Waals surface area contributed by atoms with Gasteiger partial charge in [0, 0.05) is 29.7 Å². The van der Waals surface area contributed by atoms with E-state index in [1.807, 2.05) is 13.0 Å². The van der Waals surface area contributed by atoms with E-state index in [-0.39, 0.29) is 11.0 Å². The fourth-order valence-corrected chi connectivity index (χ4v) is 5.30. The fourth-order valence-electron chi connectivity index (χ4n) is 3.21. The number of likely N-dealkylation sites (N-methyl/N-ethyl adjacent to an activating group) is 1. The van der Waals surface area contributed by atoms with Gasteiger partial charge < -0.3 is 19.1 Å². The molecule has 29 heavy (non-hydrogen) atoms. The van der Waals surface area contributed by atoms with Gasteiger partial charge in [-0.2, -0.15) is 0 Å². The zero-order valence-corrected chi connectivity index (χ0v) is 19.3. The average Bonchev–Trinajstić information content (AvgIpc) is 3.08. The zero-order chi connectivity index (χ0) is 21.2. The Morgan fingerprint density at radius 3 is 2.41 bits per heavy atom. The molecule has 158 valence electrons. The second kappa shape index (κ2) is 8.81. The zero-order valence-electron chi connectivity index (χ0n) is 16.9. The van der Waals surface area contributed by atoms with Crippen molar-refractivity contribution in [2.45, 2.75) is 24.3 Å². The lowest BCUT2D eigenvalue weighted by Crippen LogP contribution is -2.21. The van der Waals surface area contributed by atoms with Gasteiger partial charge >= 0.3 is 0 Å². The Balaban J connectivity index is 1.86. The normalized spacial score (nSPS) is 17.2. The molecule has 1 aliphatic heterocycles. The summed E-state index contributed by atoms with van der Waals surface area (Å²) >= 11 is 3.31. The molecule has 0 bridgehead atoms. The molecule has 0 spiro atoms. The number of likely N-dealkylation sites (tertiary alicyclic amines) is 1. The molecular formula is C20H25BrN2O5S. The Labute approximate surface area is 180 Å². The molecule has 1 saturated heterocycles. The van der Waals surface area contributed by atoms with Gasteiger partial charge in [-0.1, -0.05) is 6.07 Å². The maximum atomic E-state index is 13.0. The third-order valence-corrected chi connectivity index (χ3v) is 7.15. The Bertz CT molecular complexity index is 997. The highest BCUT2D eigenvalue weighted by molar-refractivity contribution is 9.10. The number of benzene rings is 2. The van der Waals surface area contributed by atoms with Crippen molar-refractivity contribution in [2.75, 3.05) is 39.1 Å². The molecule has 1 fully saturated rings. The lowest BCUT2D eigenvalue weighted by Gasteiger charge is -2.17. The second-order valence-electron chi connectivity index (χ2n) is 7.01. The number of nitrogens with zero attached hydrogens (tertiary/aromatic N) is 1. The fraction of sp³-hybridized carbons (Fsp3) is 0.400. The summed E-state index contributed by atoms with van der Waals surface area (Å²) in [5, 5.41) is 0. The van der Waals surface area contributed by atoms with Gasteiger partial charge in [-0.3, -0.25) is 4.72 Å². The summed E-state index contributed by atoms with van der Waals surface area (Å²) in [5.41, 5.74) is 1.38. The standard InChI is InChI=1S/C20H25BrN2O5S/c1-13-5-6-14(9-17(13)28-15-7-8-23(2)12-15)22-29(24,25)20-11-19(27-4)18(26-3)10-16(20)21/h5-6,9-11,15,22H,7-8,12H2,1-4H3/t15-/m0/s1. The van der Waals surface area contributed by atoms with E-state index in [1.54, 1.807) is 18.2 Å². The Kier molecular flexibility index (Phi) is 6.60. The first kappa shape index (κ1) is 21.7. The molecule has 7 nitrogen and oxygen atoms in total. The predicted molar refractivity (Wildman–Crippen MR) is 116 cm³/mol. The number of anilines is 1. The Morgan fingerprint density at radius 1 is 1.10 bits per heavy atom. The number of halogens is 1. The van der Waals surface area contributed by atoms with Crippen LogP contribution in [0.15, 0.2) is 39.7 Å². The molecule has 3 rings (SSSR count). The number of hydrogen-bond donors (Lipinski definition) is 1. The van der Waals surface area contributed by atoms with E-state index < -0.39 is 10.0 Å². The van der Waals surface area contributed by atoms with E-state index in [9.17, 15) is 8.42 Å². The first-order valence-corrected chi connectivity index (χ1v) is 11.4. The molecule has 2 aromatic rings. The summed E-state index contributed by atoms with van der Waals surface area (Å²) in [4.78, 5) is 2.26. The number of aryl methyl sites for hydroxylation is 1. The quantitative estimate of drug-likeness (QED) is 0.645. The van der Waals surface area contributed by atoms with Gasteiger partial charge in [0.15, 0.2) is 11.5 Å². The molecule has 0 aromatic heterocycles. The highest BCUT2D eigenvalue weighted by Gasteiger charge is 2.24. The van der Waals surface area contributed by atoms with E-state index in [4.69, 9.17) is 14.2 Å². The minimum absolute atomic E-state index is 0.0515. The molecule has 0 saturated carbocycles. The molecule has 1 atom stereocenters. The minimum Gasteiger partial charge on any atom is -0.493 e.